The highest BCUT2D eigenvalue weighted by Crippen LogP contribution is 2.53. The second-order valence-corrected chi connectivity index (χ2v) is 9.11. The van der Waals surface area contributed by atoms with Crippen molar-refractivity contribution in [2.75, 3.05) is 6.61 Å². The van der Waals surface area contributed by atoms with Gasteiger partial charge in [-0.3, -0.25) is 0 Å². The summed E-state index contributed by atoms with van der Waals surface area (Å²) in [6, 6.07) is 0. The van der Waals surface area contributed by atoms with Crippen molar-refractivity contribution in [3.8, 4) is 0 Å². The zero-order chi connectivity index (χ0) is 19.5. The molecule has 0 spiro atoms. The average Bonchev–Trinajstić information content (AvgIpc) is 3.09. The number of halogens is 1. The van der Waals surface area contributed by atoms with E-state index < -0.39 is 12.0 Å². The summed E-state index contributed by atoms with van der Waals surface area (Å²) in [5.41, 5.74) is -1.52. The zero-order valence-electron chi connectivity index (χ0n) is 17.2. The van der Waals surface area contributed by atoms with Crippen LogP contribution in [0.5, 0.6) is 0 Å². The molecule has 2 saturated heterocycles. The third-order valence-corrected chi connectivity index (χ3v) is 6.63. The van der Waals surface area contributed by atoms with Crippen LogP contribution in [0.25, 0.3) is 0 Å². The lowest BCUT2D eigenvalue weighted by Crippen LogP contribution is -2.31. The van der Waals surface area contributed by atoms with Gasteiger partial charge in [0.25, 0.3) is 0 Å². The molecule has 0 radical (unpaired) electrons. The van der Waals surface area contributed by atoms with Gasteiger partial charge in [-0.25, -0.2) is 4.39 Å². The van der Waals surface area contributed by atoms with Gasteiger partial charge >= 0.3 is 0 Å². The summed E-state index contributed by atoms with van der Waals surface area (Å²) in [4.78, 5) is 0. The Balaban J connectivity index is 1.74. The number of allylic oxidation sites excluding steroid dienone is 2. The number of unbranched alkanes of at least 4 members (excludes halogenated alkanes) is 1. The summed E-state index contributed by atoms with van der Waals surface area (Å²) >= 11 is 0. The molecule has 0 amide bonds. The van der Waals surface area contributed by atoms with Crippen molar-refractivity contribution in [1.29, 1.82) is 0 Å². The molecule has 0 aromatic rings. The van der Waals surface area contributed by atoms with Gasteiger partial charge in [0, 0.05) is 31.1 Å². The van der Waals surface area contributed by atoms with Gasteiger partial charge in [0.05, 0.1) is 18.0 Å². The smallest absolute Gasteiger partial charge is 0.199 e. The van der Waals surface area contributed by atoms with Gasteiger partial charge in [0.15, 0.2) is 12.6 Å². The predicted octanol–water partition coefficient (Wildman–Crippen LogP) is 5.25. The Morgan fingerprint density at radius 3 is 2.89 bits per heavy atom. The molecule has 5 heteroatoms. The van der Waals surface area contributed by atoms with Crippen LogP contribution in [0, 0.1) is 11.8 Å². The number of rotatable bonds is 8. The minimum Gasteiger partial charge on any atom is -0.469 e. The fourth-order valence-corrected chi connectivity index (χ4v) is 4.93. The van der Waals surface area contributed by atoms with Crippen molar-refractivity contribution < 1.29 is 23.7 Å². The lowest BCUT2D eigenvalue weighted by molar-refractivity contribution is -0.146. The summed E-state index contributed by atoms with van der Waals surface area (Å²) in [5, 5.41) is 10.0. The number of hydrogen-bond donors (Lipinski definition) is 1. The maximum atomic E-state index is 14.9. The van der Waals surface area contributed by atoms with E-state index in [0.29, 0.717) is 19.3 Å². The van der Waals surface area contributed by atoms with E-state index in [-0.39, 0.29) is 23.7 Å². The summed E-state index contributed by atoms with van der Waals surface area (Å²) in [6.07, 6.45) is 9.38. The highest BCUT2D eigenvalue weighted by atomic mass is 19.1. The van der Waals surface area contributed by atoms with Crippen molar-refractivity contribution in [3.05, 3.63) is 11.8 Å². The molecule has 3 aliphatic rings. The minimum absolute atomic E-state index is 0.166. The summed E-state index contributed by atoms with van der Waals surface area (Å²) < 4.78 is 32.8. The molecule has 3 fully saturated rings. The number of aliphatic hydroxyl groups excluding tert-OH is 1. The molecule has 0 bridgehead atoms. The Morgan fingerprint density at radius 1 is 1.37 bits per heavy atom. The molecule has 1 saturated carbocycles. The Kier molecular flexibility index (Phi) is 6.86. The third kappa shape index (κ3) is 5.24. The Hall–Kier alpha value is -0.650. The normalized spacial score (nSPS) is 39.2. The van der Waals surface area contributed by atoms with E-state index in [2.05, 4.69) is 13.8 Å². The Bertz CT molecular complexity index is 514. The van der Waals surface area contributed by atoms with Crippen LogP contribution in [0.3, 0.4) is 0 Å². The van der Waals surface area contributed by atoms with E-state index in [4.69, 9.17) is 14.2 Å². The van der Waals surface area contributed by atoms with Crippen LogP contribution in [-0.4, -0.2) is 35.6 Å². The lowest BCUT2D eigenvalue weighted by Gasteiger charge is -2.31. The summed E-state index contributed by atoms with van der Waals surface area (Å²) in [7, 11) is 0. The molecule has 27 heavy (non-hydrogen) atoms. The highest BCUT2D eigenvalue weighted by Gasteiger charge is 2.54. The largest absolute Gasteiger partial charge is 0.469 e. The van der Waals surface area contributed by atoms with Crippen molar-refractivity contribution in [3.63, 3.8) is 0 Å². The summed E-state index contributed by atoms with van der Waals surface area (Å²) in [5.74, 6) is 1.23. The second-order valence-electron chi connectivity index (χ2n) is 9.11. The molecule has 0 aromatic heterocycles. The lowest BCUT2D eigenvalue weighted by atomic mass is 9.84. The second kappa shape index (κ2) is 8.79. The Morgan fingerprint density at radius 2 is 2.19 bits per heavy atom. The van der Waals surface area contributed by atoms with Crippen LogP contribution < -0.4 is 0 Å². The number of alkyl halides is 1. The van der Waals surface area contributed by atoms with Crippen LogP contribution in [-0.2, 0) is 14.2 Å². The van der Waals surface area contributed by atoms with Gasteiger partial charge in [0.2, 0.25) is 0 Å². The van der Waals surface area contributed by atoms with Gasteiger partial charge in [-0.1, -0.05) is 19.8 Å². The molecule has 3 unspecified atom stereocenters. The Labute approximate surface area is 163 Å². The molecule has 1 aliphatic carbocycles. The summed E-state index contributed by atoms with van der Waals surface area (Å²) in [6.45, 7) is 6.59. The molecule has 2 aliphatic heterocycles. The van der Waals surface area contributed by atoms with Gasteiger partial charge in [-0.15, -0.1) is 0 Å². The first kappa shape index (κ1) is 21.1. The van der Waals surface area contributed by atoms with E-state index in [1.165, 1.54) is 0 Å². The van der Waals surface area contributed by atoms with Gasteiger partial charge < -0.3 is 19.3 Å². The molecule has 4 nitrogen and oxygen atoms in total. The first-order valence-corrected chi connectivity index (χ1v) is 10.9. The molecule has 156 valence electrons. The van der Waals surface area contributed by atoms with E-state index in [1.54, 1.807) is 6.92 Å². The van der Waals surface area contributed by atoms with Gasteiger partial charge in [0.1, 0.15) is 5.67 Å². The van der Waals surface area contributed by atoms with Crippen molar-refractivity contribution in [2.45, 2.75) is 109 Å². The molecule has 3 rings (SSSR count). The van der Waals surface area contributed by atoms with E-state index in [0.717, 1.165) is 57.3 Å². The van der Waals surface area contributed by atoms with E-state index in [1.807, 2.05) is 6.08 Å². The van der Waals surface area contributed by atoms with E-state index >= 15 is 0 Å². The maximum Gasteiger partial charge on any atom is 0.199 e. The average molecular weight is 385 g/mol. The quantitative estimate of drug-likeness (QED) is 0.581. The van der Waals surface area contributed by atoms with Crippen LogP contribution >= 0.6 is 0 Å². The fraction of sp³-hybridized carbons (Fsp3) is 0.909. The third-order valence-electron chi connectivity index (χ3n) is 6.63. The van der Waals surface area contributed by atoms with Gasteiger partial charge in [-0.05, 0) is 52.0 Å². The number of hydrogen-bond acceptors (Lipinski definition) is 4. The molecule has 1 N–H and O–H groups in total. The van der Waals surface area contributed by atoms with Crippen LogP contribution in [0.1, 0.15) is 85.0 Å². The molecule has 0 aromatic carbocycles. The number of fused-ring (bicyclic) bond motifs is 1. The van der Waals surface area contributed by atoms with Crippen LogP contribution in [0.4, 0.5) is 4.39 Å². The number of aliphatic hydroxyl groups is 1. The highest BCUT2D eigenvalue weighted by molar-refractivity contribution is 5.12. The van der Waals surface area contributed by atoms with Crippen molar-refractivity contribution >= 4 is 0 Å². The zero-order valence-corrected chi connectivity index (χ0v) is 17.2. The fourth-order valence-electron chi connectivity index (χ4n) is 4.93. The van der Waals surface area contributed by atoms with Gasteiger partial charge in [-0.2, -0.15) is 0 Å². The van der Waals surface area contributed by atoms with Crippen molar-refractivity contribution in [1.82, 2.24) is 0 Å². The minimum atomic E-state index is -1.22. The van der Waals surface area contributed by atoms with Crippen LogP contribution in [0.15, 0.2) is 11.8 Å². The topological polar surface area (TPSA) is 47.9 Å². The molecule has 2 heterocycles. The standard InChI is InChI=1S/C22H37FO4/c1-4-5-11-21(2,23)12-10-18(26-20-8-6-7-14-25-20)16-9-13-22(3)17(16)15-19(24)27-22/h10,16-17,19-20,24H,4-9,11-15H2,1-3H3/t16-,17+,19?,20?,21?,22+/m0/s1. The monoisotopic (exact) mass is 384 g/mol. The first-order chi connectivity index (χ1) is 12.8. The SMILES string of the molecule is CCCCC(C)(F)CC=C(OC1CCCCO1)[C@H]1CC[C@@]2(C)OC(O)C[C@H]12. The van der Waals surface area contributed by atoms with Crippen molar-refractivity contribution in [2.24, 2.45) is 11.8 Å². The number of ether oxygens (including phenoxy) is 3. The molecule has 6 atom stereocenters. The predicted molar refractivity (Wildman–Crippen MR) is 103 cm³/mol. The van der Waals surface area contributed by atoms with E-state index in [9.17, 15) is 9.50 Å². The molecular weight excluding hydrogens is 347 g/mol. The maximum absolute atomic E-state index is 14.9. The molecular formula is C22H37FO4. The van der Waals surface area contributed by atoms with Crippen LogP contribution in [0.2, 0.25) is 0 Å². The first-order valence-electron chi connectivity index (χ1n) is 10.9.